The molecule has 0 aliphatic heterocycles. The van der Waals surface area contributed by atoms with Gasteiger partial charge in [-0.2, -0.15) is 0 Å². The number of rotatable bonds is 5. The van der Waals surface area contributed by atoms with Crippen molar-refractivity contribution < 1.29 is 24.0 Å². The van der Waals surface area contributed by atoms with E-state index in [1.807, 2.05) is 0 Å². The first-order valence-electron chi connectivity index (χ1n) is 4.39. The first-order chi connectivity index (χ1) is 7.47. The van der Waals surface area contributed by atoms with Crippen LogP contribution in [0.5, 0.6) is 0 Å². The Morgan fingerprint density at radius 3 is 2.75 bits per heavy atom. The second-order valence-corrected chi connectivity index (χ2v) is 3.43. The molecule has 0 bridgehead atoms. The lowest BCUT2D eigenvalue weighted by molar-refractivity contribution is -0.161. The number of carboxylic acids is 1. The van der Waals surface area contributed by atoms with Gasteiger partial charge in [-0.1, -0.05) is 5.16 Å². The first-order valence-corrected chi connectivity index (χ1v) is 4.39. The summed E-state index contributed by atoms with van der Waals surface area (Å²) >= 11 is 0. The van der Waals surface area contributed by atoms with Crippen molar-refractivity contribution in [1.82, 2.24) is 0 Å². The van der Waals surface area contributed by atoms with Crippen molar-refractivity contribution in [2.45, 2.75) is 19.4 Å². The van der Waals surface area contributed by atoms with Crippen LogP contribution in [0.25, 0.3) is 0 Å². The summed E-state index contributed by atoms with van der Waals surface area (Å²) < 4.78 is 4.89. The molecule has 1 N–H and O–H groups in total. The third-order valence-electron chi connectivity index (χ3n) is 1.73. The van der Waals surface area contributed by atoms with Crippen LogP contribution in [0.3, 0.4) is 0 Å². The summed E-state index contributed by atoms with van der Waals surface area (Å²) in [7, 11) is 0. The van der Waals surface area contributed by atoms with Crippen LogP contribution >= 0.6 is 0 Å². The Labute approximate surface area is 91.5 Å². The predicted molar refractivity (Wildman–Crippen MR) is 53.7 cm³/mol. The molecule has 0 aromatic carbocycles. The zero-order chi connectivity index (χ0) is 12.2. The summed E-state index contributed by atoms with van der Waals surface area (Å²) in [5.74, 6) is -1.03. The Balaban J connectivity index is 2.83. The Morgan fingerprint density at radius 1 is 1.62 bits per heavy atom. The molecular weight excluding hydrogens is 214 g/mol. The Kier molecular flexibility index (Phi) is 3.44. The number of carbonyl (C=O) groups excluding carboxylic acids is 1. The van der Waals surface area contributed by atoms with Gasteiger partial charge in [0.15, 0.2) is 11.5 Å². The summed E-state index contributed by atoms with van der Waals surface area (Å²) in [6, 6.07) is 3.05. The number of carbonyl (C=O) groups is 1. The smallest absolute Gasteiger partial charge is 0.350 e. The van der Waals surface area contributed by atoms with Gasteiger partial charge in [-0.15, -0.1) is 0 Å². The molecule has 0 spiro atoms. The molecule has 0 aliphatic rings. The summed E-state index contributed by atoms with van der Waals surface area (Å²) in [4.78, 5) is 26.0. The van der Waals surface area contributed by atoms with Crippen molar-refractivity contribution in [2.24, 2.45) is 5.16 Å². The standard InChI is InChI=1S/C10H10NO5/c1-10(2,9(13)14)16-11-7(6-12)8-4-3-5-15-8/h3-5H,1-2H3,(H,13,14). The number of hydrogen-bond acceptors (Lipinski definition) is 5. The molecule has 0 saturated carbocycles. The molecule has 1 radical (unpaired) electrons. The minimum atomic E-state index is -1.52. The normalized spacial score (nSPS) is 12.2. The number of carboxylic acid groups (broad SMARTS) is 1. The van der Waals surface area contributed by atoms with E-state index in [-0.39, 0.29) is 11.5 Å². The largest absolute Gasteiger partial charge is 0.478 e. The number of nitrogens with zero attached hydrogens (tertiary/aromatic N) is 1. The van der Waals surface area contributed by atoms with Gasteiger partial charge in [0.2, 0.25) is 5.60 Å². The van der Waals surface area contributed by atoms with Gasteiger partial charge in [-0.05, 0) is 26.0 Å². The van der Waals surface area contributed by atoms with Crippen LogP contribution in [0, 0.1) is 0 Å². The topological polar surface area (TPSA) is 89.1 Å². The van der Waals surface area contributed by atoms with Crippen LogP contribution in [0.15, 0.2) is 28.0 Å². The lowest BCUT2D eigenvalue weighted by Crippen LogP contribution is -2.33. The molecule has 1 aromatic rings. The van der Waals surface area contributed by atoms with Gasteiger partial charge >= 0.3 is 5.97 Å². The van der Waals surface area contributed by atoms with Crippen molar-refractivity contribution in [1.29, 1.82) is 0 Å². The third-order valence-corrected chi connectivity index (χ3v) is 1.73. The molecular formula is C10H10NO5. The fraction of sp³-hybridized carbons (Fsp3) is 0.300. The van der Waals surface area contributed by atoms with Crippen molar-refractivity contribution in [2.75, 3.05) is 0 Å². The monoisotopic (exact) mass is 224 g/mol. The van der Waals surface area contributed by atoms with Crippen molar-refractivity contribution in [3.8, 4) is 0 Å². The van der Waals surface area contributed by atoms with Crippen molar-refractivity contribution >= 4 is 18.0 Å². The molecule has 1 rings (SSSR count). The predicted octanol–water partition coefficient (Wildman–Crippen LogP) is 0.973. The molecule has 0 atom stereocenters. The zero-order valence-electron chi connectivity index (χ0n) is 8.76. The third kappa shape index (κ3) is 2.69. The van der Waals surface area contributed by atoms with E-state index in [1.165, 1.54) is 32.5 Å². The van der Waals surface area contributed by atoms with Crippen LogP contribution in [-0.4, -0.2) is 28.7 Å². The number of furan rings is 1. The highest BCUT2D eigenvalue weighted by molar-refractivity contribution is 6.35. The highest BCUT2D eigenvalue weighted by atomic mass is 16.7. The molecule has 0 saturated heterocycles. The summed E-state index contributed by atoms with van der Waals surface area (Å²) in [5.41, 5.74) is -1.74. The lowest BCUT2D eigenvalue weighted by Gasteiger charge is -2.16. The van der Waals surface area contributed by atoms with Gasteiger partial charge in [0, 0.05) is 0 Å². The van der Waals surface area contributed by atoms with Crippen LogP contribution in [0.1, 0.15) is 19.6 Å². The quantitative estimate of drug-likeness (QED) is 0.594. The molecule has 0 amide bonds. The van der Waals surface area contributed by atoms with E-state index in [0.29, 0.717) is 0 Å². The second kappa shape index (κ2) is 4.61. The molecule has 6 heteroatoms. The van der Waals surface area contributed by atoms with Gasteiger partial charge in [-0.3, -0.25) is 4.79 Å². The van der Waals surface area contributed by atoms with Gasteiger partial charge < -0.3 is 14.4 Å². The van der Waals surface area contributed by atoms with Crippen molar-refractivity contribution in [3.05, 3.63) is 24.2 Å². The zero-order valence-corrected chi connectivity index (χ0v) is 8.76. The fourth-order valence-corrected chi connectivity index (χ4v) is 0.726. The Morgan fingerprint density at radius 2 is 2.31 bits per heavy atom. The minimum Gasteiger partial charge on any atom is -0.478 e. The molecule has 1 heterocycles. The number of oxime groups is 1. The molecule has 1 aromatic heterocycles. The highest BCUT2D eigenvalue weighted by Gasteiger charge is 2.30. The maximum absolute atomic E-state index is 10.7. The van der Waals surface area contributed by atoms with E-state index in [9.17, 15) is 9.59 Å². The summed E-state index contributed by atoms with van der Waals surface area (Å²) in [6.45, 7) is 2.62. The van der Waals surface area contributed by atoms with Crippen LogP contribution in [0.2, 0.25) is 0 Å². The SMILES string of the molecule is CC(C)(ON=C([C]=O)c1ccco1)C(=O)O. The van der Waals surface area contributed by atoms with Gasteiger partial charge in [0.05, 0.1) is 6.26 Å². The molecule has 0 aliphatic carbocycles. The van der Waals surface area contributed by atoms with Crippen LogP contribution < -0.4 is 0 Å². The van der Waals surface area contributed by atoms with Crippen molar-refractivity contribution in [3.63, 3.8) is 0 Å². The Hall–Kier alpha value is -2.11. The maximum Gasteiger partial charge on any atom is 0.350 e. The Bertz CT molecular complexity index is 405. The molecule has 16 heavy (non-hydrogen) atoms. The van der Waals surface area contributed by atoms with E-state index >= 15 is 0 Å². The maximum atomic E-state index is 10.7. The fourth-order valence-electron chi connectivity index (χ4n) is 0.726. The van der Waals surface area contributed by atoms with Gasteiger partial charge in [0.1, 0.15) is 0 Å². The van der Waals surface area contributed by atoms with E-state index in [2.05, 4.69) is 5.16 Å². The second-order valence-electron chi connectivity index (χ2n) is 3.43. The van der Waals surface area contributed by atoms with Gasteiger partial charge in [0.25, 0.3) is 6.29 Å². The van der Waals surface area contributed by atoms with E-state index in [0.717, 1.165) is 0 Å². The summed E-state index contributed by atoms with van der Waals surface area (Å²) in [6.07, 6.45) is 2.86. The highest BCUT2D eigenvalue weighted by Crippen LogP contribution is 2.11. The minimum absolute atomic E-state index is 0.163. The molecule has 6 nitrogen and oxygen atoms in total. The summed E-state index contributed by atoms with van der Waals surface area (Å²) in [5, 5.41) is 12.1. The first kappa shape index (κ1) is 12.0. The number of hydrogen-bond donors (Lipinski definition) is 1. The lowest BCUT2D eigenvalue weighted by atomic mass is 10.1. The van der Waals surface area contributed by atoms with Crippen LogP contribution in [0.4, 0.5) is 0 Å². The number of aliphatic carboxylic acids is 1. The average Bonchev–Trinajstić information content (AvgIpc) is 2.71. The van der Waals surface area contributed by atoms with E-state index in [4.69, 9.17) is 14.4 Å². The van der Waals surface area contributed by atoms with Gasteiger partial charge in [-0.25, -0.2) is 4.79 Å². The average molecular weight is 224 g/mol. The molecule has 0 unspecified atom stereocenters. The van der Waals surface area contributed by atoms with E-state index in [1.54, 1.807) is 6.07 Å². The molecule has 85 valence electrons. The molecule has 0 fully saturated rings. The van der Waals surface area contributed by atoms with Crippen LogP contribution in [-0.2, 0) is 14.4 Å². The van der Waals surface area contributed by atoms with E-state index < -0.39 is 11.6 Å².